The molecule has 100 valence electrons. The molecule has 0 fully saturated rings. The lowest BCUT2D eigenvalue weighted by Gasteiger charge is -2.09. The van der Waals surface area contributed by atoms with Crippen molar-refractivity contribution in [3.63, 3.8) is 0 Å². The molecule has 5 heteroatoms. The zero-order valence-electron chi connectivity index (χ0n) is 11.1. The maximum absolute atomic E-state index is 11.8. The van der Waals surface area contributed by atoms with E-state index in [4.69, 9.17) is 0 Å². The molecule has 3 rings (SSSR count). The summed E-state index contributed by atoms with van der Waals surface area (Å²) in [6.45, 7) is 0.595. The third-order valence-electron chi connectivity index (χ3n) is 3.17. The molecule has 3 aromatic rings. The lowest BCUT2D eigenvalue weighted by molar-refractivity contribution is 0.694. The molecular weight excluding hydrogens is 252 g/mol. The highest BCUT2D eigenvalue weighted by molar-refractivity contribution is 5.77. The first-order valence-corrected chi connectivity index (χ1v) is 6.35. The minimum absolute atomic E-state index is 0.0532. The third-order valence-corrected chi connectivity index (χ3v) is 3.17. The molecule has 0 aliphatic rings. The van der Waals surface area contributed by atoms with Gasteiger partial charge in [-0.25, -0.2) is 4.98 Å². The Hall–Kier alpha value is -2.69. The summed E-state index contributed by atoms with van der Waals surface area (Å²) in [4.78, 5) is 16.0. The Morgan fingerprint density at radius 1 is 1.25 bits per heavy atom. The van der Waals surface area contributed by atoms with Crippen molar-refractivity contribution >= 4 is 16.7 Å². The van der Waals surface area contributed by atoms with E-state index in [9.17, 15) is 4.79 Å². The molecule has 0 saturated carbocycles. The zero-order chi connectivity index (χ0) is 13.9. The van der Waals surface area contributed by atoms with Crippen LogP contribution in [0, 0.1) is 0 Å². The van der Waals surface area contributed by atoms with Crippen molar-refractivity contribution < 1.29 is 0 Å². The fourth-order valence-corrected chi connectivity index (χ4v) is 2.17. The molecule has 20 heavy (non-hydrogen) atoms. The SMILES string of the molecule is CNc1cc(Cn2ncc(=O)c3ccccc32)ccn1. The lowest BCUT2D eigenvalue weighted by atomic mass is 10.2. The minimum Gasteiger partial charge on any atom is -0.373 e. The molecule has 1 aromatic carbocycles. The van der Waals surface area contributed by atoms with Crippen LogP contribution in [0.4, 0.5) is 5.82 Å². The minimum atomic E-state index is -0.0532. The highest BCUT2D eigenvalue weighted by Crippen LogP contribution is 2.12. The van der Waals surface area contributed by atoms with E-state index in [0.717, 1.165) is 16.9 Å². The van der Waals surface area contributed by atoms with Crippen LogP contribution in [-0.2, 0) is 6.54 Å². The summed E-state index contributed by atoms with van der Waals surface area (Å²) in [5.74, 6) is 0.813. The van der Waals surface area contributed by atoms with Gasteiger partial charge in [-0.1, -0.05) is 12.1 Å². The van der Waals surface area contributed by atoms with Gasteiger partial charge < -0.3 is 5.32 Å². The summed E-state index contributed by atoms with van der Waals surface area (Å²) in [6.07, 6.45) is 3.12. The van der Waals surface area contributed by atoms with Crippen molar-refractivity contribution in [2.45, 2.75) is 6.54 Å². The molecule has 0 radical (unpaired) electrons. The van der Waals surface area contributed by atoms with E-state index in [1.54, 1.807) is 6.20 Å². The second-order valence-electron chi connectivity index (χ2n) is 4.48. The standard InChI is InChI=1S/C15H14N4O/c1-16-15-8-11(6-7-17-15)10-19-13-5-3-2-4-12(13)14(20)9-18-19/h2-9H,10H2,1H3,(H,16,17). The predicted molar refractivity (Wildman–Crippen MR) is 78.9 cm³/mol. The van der Waals surface area contributed by atoms with E-state index >= 15 is 0 Å². The third kappa shape index (κ3) is 2.25. The predicted octanol–water partition coefficient (Wildman–Crippen LogP) is 1.88. The fraction of sp³-hybridized carbons (Fsp3) is 0.133. The van der Waals surface area contributed by atoms with E-state index in [-0.39, 0.29) is 5.43 Å². The van der Waals surface area contributed by atoms with Gasteiger partial charge in [0.25, 0.3) is 0 Å². The number of fused-ring (bicyclic) bond motifs is 1. The Balaban J connectivity index is 2.07. The van der Waals surface area contributed by atoms with E-state index < -0.39 is 0 Å². The summed E-state index contributed by atoms with van der Waals surface area (Å²) >= 11 is 0. The van der Waals surface area contributed by atoms with Gasteiger partial charge in [0.2, 0.25) is 5.43 Å². The van der Waals surface area contributed by atoms with E-state index in [1.165, 1.54) is 6.20 Å². The van der Waals surface area contributed by atoms with Crippen LogP contribution in [0.1, 0.15) is 5.56 Å². The number of para-hydroxylation sites is 1. The highest BCUT2D eigenvalue weighted by Gasteiger charge is 2.04. The average Bonchev–Trinajstić information content (AvgIpc) is 2.51. The second-order valence-corrected chi connectivity index (χ2v) is 4.48. The maximum Gasteiger partial charge on any atom is 0.207 e. The van der Waals surface area contributed by atoms with Crippen LogP contribution < -0.4 is 10.7 Å². The second kappa shape index (κ2) is 5.13. The van der Waals surface area contributed by atoms with Crippen LogP contribution in [0.5, 0.6) is 0 Å². The summed E-state index contributed by atoms with van der Waals surface area (Å²) in [6, 6.07) is 11.4. The normalized spacial score (nSPS) is 10.7. The molecule has 2 aromatic heterocycles. The number of aromatic nitrogens is 3. The lowest BCUT2D eigenvalue weighted by Crippen LogP contribution is -2.13. The number of nitrogens with zero attached hydrogens (tertiary/aromatic N) is 3. The molecule has 0 aliphatic heterocycles. The number of benzene rings is 1. The van der Waals surface area contributed by atoms with Crippen LogP contribution in [-0.4, -0.2) is 21.8 Å². The van der Waals surface area contributed by atoms with Gasteiger partial charge in [-0.2, -0.15) is 5.10 Å². The number of rotatable bonds is 3. The molecule has 0 saturated heterocycles. The van der Waals surface area contributed by atoms with Gasteiger partial charge in [-0.05, 0) is 29.8 Å². The smallest absolute Gasteiger partial charge is 0.207 e. The Morgan fingerprint density at radius 3 is 2.95 bits per heavy atom. The molecule has 0 aliphatic carbocycles. The topological polar surface area (TPSA) is 59.8 Å². The number of hydrogen-bond donors (Lipinski definition) is 1. The van der Waals surface area contributed by atoms with E-state index in [2.05, 4.69) is 15.4 Å². The Labute approximate surface area is 115 Å². The number of anilines is 1. The summed E-state index contributed by atoms with van der Waals surface area (Å²) in [7, 11) is 1.83. The maximum atomic E-state index is 11.8. The molecule has 2 heterocycles. The molecule has 0 unspecified atom stereocenters. The number of hydrogen-bond acceptors (Lipinski definition) is 4. The number of pyridine rings is 1. The first-order chi connectivity index (χ1) is 9.78. The Morgan fingerprint density at radius 2 is 2.10 bits per heavy atom. The fourth-order valence-electron chi connectivity index (χ4n) is 2.17. The van der Waals surface area contributed by atoms with Crippen LogP contribution >= 0.6 is 0 Å². The molecule has 1 N–H and O–H groups in total. The zero-order valence-corrected chi connectivity index (χ0v) is 11.1. The van der Waals surface area contributed by atoms with Crippen molar-refractivity contribution in [1.82, 2.24) is 14.8 Å². The van der Waals surface area contributed by atoms with Crippen molar-refractivity contribution in [2.75, 3.05) is 12.4 Å². The molecule has 0 bridgehead atoms. The van der Waals surface area contributed by atoms with Gasteiger partial charge in [0, 0.05) is 18.6 Å². The van der Waals surface area contributed by atoms with Crippen molar-refractivity contribution in [3.8, 4) is 0 Å². The monoisotopic (exact) mass is 266 g/mol. The van der Waals surface area contributed by atoms with Crippen molar-refractivity contribution in [1.29, 1.82) is 0 Å². The van der Waals surface area contributed by atoms with Gasteiger partial charge in [0.15, 0.2) is 0 Å². The first kappa shape index (κ1) is 12.3. The average molecular weight is 266 g/mol. The van der Waals surface area contributed by atoms with Gasteiger partial charge in [0.05, 0.1) is 18.3 Å². The molecule has 5 nitrogen and oxygen atoms in total. The van der Waals surface area contributed by atoms with Gasteiger partial charge in [0.1, 0.15) is 5.82 Å². The van der Waals surface area contributed by atoms with Gasteiger partial charge in [-0.3, -0.25) is 9.48 Å². The Bertz CT molecular complexity index is 810. The Kier molecular flexibility index (Phi) is 3.16. The van der Waals surface area contributed by atoms with Crippen LogP contribution in [0.3, 0.4) is 0 Å². The highest BCUT2D eigenvalue weighted by atomic mass is 16.1. The quantitative estimate of drug-likeness (QED) is 0.786. The van der Waals surface area contributed by atoms with Crippen LogP contribution in [0.15, 0.2) is 53.6 Å². The number of nitrogens with one attached hydrogen (secondary N) is 1. The van der Waals surface area contributed by atoms with Gasteiger partial charge in [-0.15, -0.1) is 0 Å². The molecular formula is C15H14N4O. The summed E-state index contributed by atoms with van der Waals surface area (Å²) in [5.41, 5.74) is 1.86. The van der Waals surface area contributed by atoms with E-state index in [1.807, 2.05) is 48.1 Å². The molecule has 0 amide bonds. The van der Waals surface area contributed by atoms with Crippen LogP contribution in [0.2, 0.25) is 0 Å². The first-order valence-electron chi connectivity index (χ1n) is 6.35. The van der Waals surface area contributed by atoms with Crippen LogP contribution in [0.25, 0.3) is 10.9 Å². The van der Waals surface area contributed by atoms with Crippen molar-refractivity contribution in [2.24, 2.45) is 0 Å². The van der Waals surface area contributed by atoms with Crippen molar-refractivity contribution in [3.05, 3.63) is 64.6 Å². The van der Waals surface area contributed by atoms with Gasteiger partial charge >= 0.3 is 0 Å². The summed E-state index contributed by atoms with van der Waals surface area (Å²) < 4.78 is 1.82. The molecule has 0 spiro atoms. The molecule has 0 atom stereocenters. The largest absolute Gasteiger partial charge is 0.373 e. The van der Waals surface area contributed by atoms with E-state index in [0.29, 0.717) is 11.9 Å². The summed E-state index contributed by atoms with van der Waals surface area (Å²) in [5, 5.41) is 7.91.